The number of methoxy groups -OCH3 is 1. The Morgan fingerprint density at radius 3 is 2.61 bits per heavy atom. The highest BCUT2D eigenvalue weighted by molar-refractivity contribution is 5.96. The largest absolute Gasteiger partial charge is 0.481 e. The third-order valence-corrected chi connectivity index (χ3v) is 6.13. The number of fused-ring (bicyclic) bond motifs is 1. The third kappa shape index (κ3) is 4.48. The molecule has 0 saturated heterocycles. The molecule has 1 atom stereocenters. The van der Waals surface area contributed by atoms with E-state index in [1.165, 1.54) is 7.11 Å². The van der Waals surface area contributed by atoms with Crippen LogP contribution in [0.4, 0.5) is 17.5 Å². The molecule has 5 aromatic rings. The van der Waals surface area contributed by atoms with Crippen molar-refractivity contribution in [2.24, 2.45) is 0 Å². The van der Waals surface area contributed by atoms with E-state index < -0.39 is 11.0 Å². The lowest BCUT2D eigenvalue weighted by Gasteiger charge is -2.22. The lowest BCUT2D eigenvalue weighted by Crippen LogP contribution is -2.26. The summed E-state index contributed by atoms with van der Waals surface area (Å²) in [5.41, 5.74) is 7.85. The Morgan fingerprint density at radius 2 is 1.87 bits per heavy atom. The molecule has 1 unspecified atom stereocenters. The number of hydrogen-bond acceptors (Lipinski definition) is 9. The van der Waals surface area contributed by atoms with Crippen molar-refractivity contribution in [2.75, 3.05) is 18.2 Å². The van der Waals surface area contributed by atoms with Crippen LogP contribution in [0.2, 0.25) is 0 Å². The maximum Gasteiger partial charge on any atom is 0.329 e. The molecule has 0 aliphatic heterocycles. The smallest absolute Gasteiger partial charge is 0.329 e. The fourth-order valence-electron chi connectivity index (χ4n) is 4.38. The highest BCUT2D eigenvalue weighted by Crippen LogP contribution is 2.32. The van der Waals surface area contributed by atoms with E-state index in [4.69, 9.17) is 10.5 Å². The number of ether oxygens (including phenoxy) is 1. The zero-order chi connectivity index (χ0) is 26.8. The number of nitrogen functional groups attached to an aromatic ring is 1. The van der Waals surface area contributed by atoms with Crippen LogP contribution in [0.3, 0.4) is 0 Å². The molecular formula is C27H23N7O4. The van der Waals surface area contributed by atoms with Gasteiger partial charge in [0.1, 0.15) is 6.20 Å². The second-order valence-corrected chi connectivity index (χ2v) is 8.49. The van der Waals surface area contributed by atoms with Gasteiger partial charge in [0, 0.05) is 23.6 Å². The van der Waals surface area contributed by atoms with Crippen LogP contribution < -0.4 is 21.3 Å². The van der Waals surface area contributed by atoms with Gasteiger partial charge < -0.3 is 15.8 Å². The molecule has 190 valence electrons. The Labute approximate surface area is 216 Å². The molecule has 0 bridgehead atoms. The van der Waals surface area contributed by atoms with E-state index in [0.717, 1.165) is 17.3 Å². The van der Waals surface area contributed by atoms with Crippen molar-refractivity contribution in [2.45, 2.75) is 13.0 Å². The average molecular weight is 510 g/mol. The topological polar surface area (TPSA) is 151 Å². The fraction of sp³-hybridized carbons (Fsp3) is 0.111. The fourth-order valence-corrected chi connectivity index (χ4v) is 4.38. The summed E-state index contributed by atoms with van der Waals surface area (Å²) in [6.07, 6.45) is 2.68. The number of para-hydroxylation sites is 1. The predicted octanol–water partition coefficient (Wildman–Crippen LogP) is 4.51. The van der Waals surface area contributed by atoms with Crippen molar-refractivity contribution < 1.29 is 9.66 Å². The lowest BCUT2D eigenvalue weighted by molar-refractivity contribution is -0.384. The number of nitrogens with two attached hydrogens (primary N) is 1. The van der Waals surface area contributed by atoms with Gasteiger partial charge in [-0.05, 0) is 47.7 Å². The van der Waals surface area contributed by atoms with Crippen LogP contribution in [0.25, 0.3) is 27.6 Å². The molecule has 38 heavy (non-hydrogen) atoms. The second-order valence-electron chi connectivity index (χ2n) is 8.49. The lowest BCUT2D eigenvalue weighted by atomic mass is 9.98. The number of pyridine rings is 2. The Kier molecular flexibility index (Phi) is 6.40. The molecule has 5 rings (SSSR count). The first-order chi connectivity index (χ1) is 18.4. The molecule has 0 radical (unpaired) electrons. The summed E-state index contributed by atoms with van der Waals surface area (Å²) in [4.78, 5) is 37.1. The van der Waals surface area contributed by atoms with Gasteiger partial charge >= 0.3 is 5.69 Å². The highest BCUT2D eigenvalue weighted by atomic mass is 16.6. The Morgan fingerprint density at radius 1 is 1.08 bits per heavy atom. The van der Waals surface area contributed by atoms with Gasteiger partial charge in [0.05, 0.1) is 23.5 Å². The van der Waals surface area contributed by atoms with Crippen molar-refractivity contribution in [3.63, 3.8) is 0 Å². The molecule has 3 N–H and O–H groups in total. The van der Waals surface area contributed by atoms with Gasteiger partial charge in [0.2, 0.25) is 17.6 Å². The number of nitrogens with one attached hydrogen (secondary N) is 1. The number of anilines is 2. The summed E-state index contributed by atoms with van der Waals surface area (Å²) in [5.74, 6) is 0.282. The third-order valence-electron chi connectivity index (χ3n) is 6.13. The molecule has 0 saturated carbocycles. The van der Waals surface area contributed by atoms with Gasteiger partial charge in [-0.1, -0.05) is 36.4 Å². The van der Waals surface area contributed by atoms with Crippen molar-refractivity contribution in [1.29, 1.82) is 0 Å². The summed E-state index contributed by atoms with van der Waals surface area (Å²) in [6.45, 7) is 1.79. The molecule has 0 spiro atoms. The van der Waals surface area contributed by atoms with Crippen LogP contribution >= 0.6 is 0 Å². The standard InChI is InChI=1S/C27H23N7O4/c1-16(31-25-22(34(36)37)15-30-27(28)32-25)21-13-18-7-6-10-20(17-11-12-29-23(14-17)38-2)24(18)26(35)33(21)19-8-4-3-5-9-19/h3-16H,1-2H3,(H3,28,30,31,32). The number of hydrogen-bond donors (Lipinski definition) is 2. The number of nitrogens with zero attached hydrogens (tertiary/aromatic N) is 5. The molecular weight excluding hydrogens is 486 g/mol. The van der Waals surface area contributed by atoms with Crippen LogP contribution in [0.1, 0.15) is 18.7 Å². The van der Waals surface area contributed by atoms with E-state index in [9.17, 15) is 14.9 Å². The number of rotatable bonds is 7. The summed E-state index contributed by atoms with van der Waals surface area (Å²) >= 11 is 0. The zero-order valence-electron chi connectivity index (χ0n) is 20.5. The number of nitro groups is 1. The van der Waals surface area contributed by atoms with Gasteiger partial charge in [-0.15, -0.1) is 0 Å². The molecule has 2 aromatic carbocycles. The minimum absolute atomic E-state index is 0.0419. The minimum Gasteiger partial charge on any atom is -0.481 e. The summed E-state index contributed by atoms with van der Waals surface area (Å²) in [6, 6.07) is 19.7. The van der Waals surface area contributed by atoms with Gasteiger partial charge in [0.15, 0.2) is 0 Å². The quantitative estimate of drug-likeness (QED) is 0.238. The van der Waals surface area contributed by atoms with Crippen LogP contribution in [0, 0.1) is 10.1 Å². The molecule has 0 fully saturated rings. The summed E-state index contributed by atoms with van der Waals surface area (Å²) in [7, 11) is 1.54. The average Bonchev–Trinajstić information content (AvgIpc) is 2.93. The van der Waals surface area contributed by atoms with Crippen molar-refractivity contribution in [1.82, 2.24) is 19.5 Å². The van der Waals surface area contributed by atoms with Crippen molar-refractivity contribution in [3.05, 3.63) is 105 Å². The molecule has 0 aliphatic carbocycles. The van der Waals surface area contributed by atoms with Crippen molar-refractivity contribution in [3.8, 4) is 22.7 Å². The number of aromatic nitrogens is 4. The van der Waals surface area contributed by atoms with E-state index in [1.54, 1.807) is 23.8 Å². The Hall–Kier alpha value is -5.32. The molecule has 11 nitrogen and oxygen atoms in total. The predicted molar refractivity (Wildman–Crippen MR) is 144 cm³/mol. The van der Waals surface area contributed by atoms with Crippen LogP contribution in [0.5, 0.6) is 5.88 Å². The SMILES string of the molecule is COc1cc(-c2cccc3cc(C(C)Nc4nc(N)ncc4[N+](=O)[O-])n(-c4ccccc4)c(=O)c23)ccn1. The second kappa shape index (κ2) is 9.97. The van der Waals surface area contributed by atoms with Gasteiger partial charge in [-0.3, -0.25) is 19.5 Å². The van der Waals surface area contributed by atoms with Crippen LogP contribution in [-0.4, -0.2) is 31.6 Å². The summed E-state index contributed by atoms with van der Waals surface area (Å²) < 4.78 is 6.88. The molecule has 3 heterocycles. The van der Waals surface area contributed by atoms with Gasteiger partial charge in [0.25, 0.3) is 5.56 Å². The minimum atomic E-state index is -0.589. The van der Waals surface area contributed by atoms with E-state index in [1.807, 2.05) is 60.7 Å². The molecule has 0 aliphatic rings. The van der Waals surface area contributed by atoms with E-state index >= 15 is 0 Å². The maximum absolute atomic E-state index is 14.2. The zero-order valence-corrected chi connectivity index (χ0v) is 20.5. The van der Waals surface area contributed by atoms with E-state index in [-0.39, 0.29) is 23.0 Å². The summed E-state index contributed by atoms with van der Waals surface area (Å²) in [5, 5.41) is 15.8. The highest BCUT2D eigenvalue weighted by Gasteiger charge is 2.23. The Balaban J connectivity index is 1.74. The van der Waals surface area contributed by atoms with Gasteiger partial charge in [-0.25, -0.2) is 9.97 Å². The van der Waals surface area contributed by atoms with E-state index in [0.29, 0.717) is 28.0 Å². The van der Waals surface area contributed by atoms with Gasteiger partial charge in [-0.2, -0.15) is 4.98 Å². The Bertz CT molecular complexity index is 1720. The normalized spacial score (nSPS) is 11.7. The first-order valence-electron chi connectivity index (χ1n) is 11.7. The van der Waals surface area contributed by atoms with Crippen LogP contribution in [0.15, 0.2) is 83.9 Å². The maximum atomic E-state index is 14.2. The first kappa shape index (κ1) is 24.4. The van der Waals surface area contributed by atoms with Crippen LogP contribution in [-0.2, 0) is 0 Å². The monoisotopic (exact) mass is 509 g/mol. The van der Waals surface area contributed by atoms with Crippen molar-refractivity contribution >= 4 is 28.2 Å². The molecule has 3 aromatic heterocycles. The first-order valence-corrected chi connectivity index (χ1v) is 11.7. The van der Waals surface area contributed by atoms with E-state index in [2.05, 4.69) is 20.3 Å². The molecule has 11 heteroatoms. The molecule has 0 amide bonds. The number of benzene rings is 2.